The molecule has 1 saturated heterocycles. The van der Waals surface area contributed by atoms with E-state index in [-0.39, 0.29) is 28.9 Å². The minimum atomic E-state index is -0.537. The van der Waals surface area contributed by atoms with Gasteiger partial charge >= 0.3 is 5.97 Å². The molecule has 10 heteroatoms. The molecule has 1 fully saturated rings. The molecule has 32 heavy (non-hydrogen) atoms. The summed E-state index contributed by atoms with van der Waals surface area (Å²) in [4.78, 5) is 38.2. The molecule has 0 unspecified atom stereocenters. The van der Waals surface area contributed by atoms with Crippen molar-refractivity contribution in [3.05, 3.63) is 56.9 Å². The minimum Gasteiger partial charge on any atom is -0.490 e. The van der Waals surface area contributed by atoms with Crippen LogP contribution in [0.1, 0.15) is 19.4 Å². The molecule has 0 aliphatic carbocycles. The third-order valence-electron chi connectivity index (χ3n) is 4.13. The van der Waals surface area contributed by atoms with E-state index in [2.05, 4.69) is 0 Å². The Balaban J connectivity index is 1.88. The first-order valence-electron chi connectivity index (χ1n) is 9.62. The van der Waals surface area contributed by atoms with Gasteiger partial charge < -0.3 is 14.2 Å². The van der Waals surface area contributed by atoms with Crippen LogP contribution < -0.4 is 14.4 Å². The lowest BCUT2D eigenvalue weighted by atomic mass is 10.1. The SMILES string of the molecule is CCOC(=O)COc1c(Cl)cc(/C=C2/SC(=O)N(c3cccc(Cl)c3)C2=O)cc1OCC. The van der Waals surface area contributed by atoms with Crippen LogP contribution in [0.2, 0.25) is 10.0 Å². The second-order valence-electron chi connectivity index (χ2n) is 6.35. The second kappa shape index (κ2) is 10.8. The van der Waals surface area contributed by atoms with Crippen molar-refractivity contribution in [2.24, 2.45) is 0 Å². The molecular weight excluding hydrogens is 477 g/mol. The Morgan fingerprint density at radius 2 is 1.88 bits per heavy atom. The Morgan fingerprint density at radius 3 is 2.56 bits per heavy atom. The van der Waals surface area contributed by atoms with Crippen molar-refractivity contribution in [2.75, 3.05) is 24.7 Å². The Morgan fingerprint density at radius 1 is 1.09 bits per heavy atom. The van der Waals surface area contributed by atoms with E-state index in [1.54, 1.807) is 56.3 Å². The van der Waals surface area contributed by atoms with Gasteiger partial charge in [-0.3, -0.25) is 9.59 Å². The lowest BCUT2D eigenvalue weighted by Gasteiger charge is -2.14. The standard InChI is InChI=1S/C22H19Cl2NO6S/c1-3-29-17-9-13(8-16(24)20(17)31-12-19(26)30-4-2)10-18-21(27)25(22(28)32-18)15-7-5-6-14(23)11-15/h5-11H,3-4,12H2,1-2H3/b18-10+. The first kappa shape index (κ1) is 24.0. The molecule has 0 bridgehead atoms. The van der Waals surface area contributed by atoms with Gasteiger partial charge in [0.1, 0.15) is 0 Å². The van der Waals surface area contributed by atoms with Crippen LogP contribution >= 0.6 is 35.0 Å². The van der Waals surface area contributed by atoms with E-state index in [9.17, 15) is 14.4 Å². The first-order chi connectivity index (χ1) is 15.3. The fourth-order valence-corrected chi connectivity index (χ4v) is 4.16. The summed E-state index contributed by atoms with van der Waals surface area (Å²) >= 11 is 13.1. The number of amides is 2. The van der Waals surface area contributed by atoms with Gasteiger partial charge in [0.15, 0.2) is 18.1 Å². The number of hydrogen-bond donors (Lipinski definition) is 0. The zero-order chi connectivity index (χ0) is 23.3. The van der Waals surface area contributed by atoms with Crippen LogP contribution in [0.5, 0.6) is 11.5 Å². The molecule has 0 spiro atoms. The lowest BCUT2D eigenvalue weighted by molar-refractivity contribution is -0.145. The number of hydrogen-bond acceptors (Lipinski definition) is 7. The summed E-state index contributed by atoms with van der Waals surface area (Å²) in [5.74, 6) is -0.529. The molecule has 2 aromatic rings. The smallest absolute Gasteiger partial charge is 0.344 e. The Hall–Kier alpha value is -2.68. The molecule has 1 aliphatic rings. The Labute approximate surface area is 199 Å². The number of rotatable bonds is 8. The van der Waals surface area contributed by atoms with Crippen molar-refractivity contribution in [1.29, 1.82) is 0 Å². The molecule has 0 aromatic heterocycles. The monoisotopic (exact) mass is 495 g/mol. The summed E-state index contributed by atoms with van der Waals surface area (Å²) in [7, 11) is 0. The number of carbonyl (C=O) groups excluding carboxylic acids is 3. The average molecular weight is 496 g/mol. The largest absolute Gasteiger partial charge is 0.490 e. The van der Waals surface area contributed by atoms with Gasteiger partial charge in [-0.1, -0.05) is 29.3 Å². The molecule has 2 aromatic carbocycles. The third kappa shape index (κ3) is 5.56. The predicted octanol–water partition coefficient (Wildman–Crippen LogP) is 5.57. The quantitative estimate of drug-likeness (QED) is 0.349. The van der Waals surface area contributed by atoms with Crippen LogP contribution in [-0.2, 0) is 14.3 Å². The Bertz CT molecular complexity index is 1090. The highest BCUT2D eigenvalue weighted by Crippen LogP contribution is 2.40. The van der Waals surface area contributed by atoms with E-state index in [4.69, 9.17) is 37.4 Å². The number of benzene rings is 2. The van der Waals surface area contributed by atoms with Crippen LogP contribution in [0.3, 0.4) is 0 Å². The van der Waals surface area contributed by atoms with Crippen LogP contribution in [0, 0.1) is 0 Å². The summed E-state index contributed by atoms with van der Waals surface area (Å²) in [6.45, 7) is 3.70. The molecule has 2 amide bonds. The molecule has 7 nitrogen and oxygen atoms in total. The van der Waals surface area contributed by atoms with E-state index < -0.39 is 17.1 Å². The number of nitrogens with zero attached hydrogens (tertiary/aromatic N) is 1. The minimum absolute atomic E-state index is 0.181. The number of imide groups is 1. The molecule has 0 radical (unpaired) electrons. The normalized spacial score (nSPS) is 14.8. The highest BCUT2D eigenvalue weighted by molar-refractivity contribution is 8.19. The maximum Gasteiger partial charge on any atom is 0.344 e. The fraction of sp³-hybridized carbons (Fsp3) is 0.227. The summed E-state index contributed by atoms with van der Waals surface area (Å²) in [6.07, 6.45) is 1.54. The number of esters is 1. The van der Waals surface area contributed by atoms with Gasteiger partial charge in [0.2, 0.25) is 0 Å². The van der Waals surface area contributed by atoms with Crippen molar-refractivity contribution in [2.45, 2.75) is 13.8 Å². The van der Waals surface area contributed by atoms with E-state index in [0.717, 1.165) is 16.7 Å². The number of carbonyl (C=O) groups is 3. The van der Waals surface area contributed by atoms with Gasteiger partial charge in [-0.05, 0) is 67.6 Å². The lowest BCUT2D eigenvalue weighted by Crippen LogP contribution is -2.27. The zero-order valence-electron chi connectivity index (χ0n) is 17.2. The van der Waals surface area contributed by atoms with Crippen molar-refractivity contribution in [1.82, 2.24) is 0 Å². The molecule has 0 saturated carbocycles. The molecule has 0 atom stereocenters. The van der Waals surface area contributed by atoms with Crippen LogP contribution in [0.15, 0.2) is 41.3 Å². The third-order valence-corrected chi connectivity index (χ3v) is 5.51. The Kier molecular flexibility index (Phi) is 8.06. The van der Waals surface area contributed by atoms with Gasteiger partial charge in [0, 0.05) is 5.02 Å². The number of halogens is 2. The maximum atomic E-state index is 12.9. The summed E-state index contributed by atoms with van der Waals surface area (Å²) in [5, 5.41) is 0.159. The highest BCUT2D eigenvalue weighted by Gasteiger charge is 2.36. The van der Waals surface area contributed by atoms with Crippen molar-refractivity contribution >= 4 is 63.8 Å². The van der Waals surface area contributed by atoms with Gasteiger partial charge in [-0.25, -0.2) is 9.69 Å². The number of thioether (sulfide) groups is 1. The van der Waals surface area contributed by atoms with E-state index in [1.165, 1.54) is 0 Å². The first-order valence-corrected chi connectivity index (χ1v) is 11.2. The fourth-order valence-electron chi connectivity index (χ4n) is 2.86. The molecule has 3 rings (SSSR count). The predicted molar refractivity (Wildman–Crippen MR) is 125 cm³/mol. The van der Waals surface area contributed by atoms with E-state index >= 15 is 0 Å². The highest BCUT2D eigenvalue weighted by atomic mass is 35.5. The summed E-state index contributed by atoms with van der Waals surface area (Å²) in [6, 6.07) is 9.66. The van der Waals surface area contributed by atoms with Crippen molar-refractivity contribution < 1.29 is 28.6 Å². The number of ether oxygens (including phenoxy) is 3. The van der Waals surface area contributed by atoms with Gasteiger partial charge in [0.05, 0.1) is 28.8 Å². The maximum absolute atomic E-state index is 12.9. The second-order valence-corrected chi connectivity index (χ2v) is 8.19. The summed E-state index contributed by atoms with van der Waals surface area (Å²) < 4.78 is 15.9. The van der Waals surface area contributed by atoms with Crippen molar-refractivity contribution in [3.8, 4) is 11.5 Å². The van der Waals surface area contributed by atoms with Crippen molar-refractivity contribution in [3.63, 3.8) is 0 Å². The number of anilines is 1. The van der Waals surface area contributed by atoms with Crippen LogP contribution in [0.4, 0.5) is 10.5 Å². The van der Waals surface area contributed by atoms with E-state index in [1.807, 2.05) is 0 Å². The summed E-state index contributed by atoms with van der Waals surface area (Å²) in [5.41, 5.74) is 0.915. The van der Waals surface area contributed by atoms with Gasteiger partial charge in [-0.15, -0.1) is 0 Å². The van der Waals surface area contributed by atoms with Crippen LogP contribution in [0.25, 0.3) is 6.08 Å². The molecule has 1 heterocycles. The van der Waals surface area contributed by atoms with Gasteiger partial charge in [-0.2, -0.15) is 0 Å². The molecule has 168 valence electrons. The average Bonchev–Trinajstić information content (AvgIpc) is 3.00. The molecule has 0 N–H and O–H groups in total. The molecule has 1 aliphatic heterocycles. The van der Waals surface area contributed by atoms with Gasteiger partial charge in [0.25, 0.3) is 11.1 Å². The topological polar surface area (TPSA) is 82.1 Å². The van der Waals surface area contributed by atoms with Crippen LogP contribution in [-0.4, -0.2) is 36.9 Å². The van der Waals surface area contributed by atoms with E-state index in [0.29, 0.717) is 28.6 Å². The zero-order valence-corrected chi connectivity index (χ0v) is 19.6. The molecular formula is C22H19Cl2NO6S.